The van der Waals surface area contributed by atoms with Crippen LogP contribution in [0.3, 0.4) is 0 Å². The van der Waals surface area contributed by atoms with E-state index in [0.29, 0.717) is 12.8 Å². The molecule has 0 aromatic rings. The van der Waals surface area contributed by atoms with E-state index in [0.717, 1.165) is 0 Å². The van der Waals surface area contributed by atoms with Crippen LogP contribution in [-0.4, -0.2) is 11.2 Å². The summed E-state index contributed by atoms with van der Waals surface area (Å²) in [5, 5.41) is -0.793. The van der Waals surface area contributed by atoms with Gasteiger partial charge in [-0.2, -0.15) is 0 Å². The Morgan fingerprint density at radius 3 is 2.38 bits per heavy atom. The monoisotopic (exact) mass is 134 g/mol. The molecule has 1 fully saturated rings. The highest BCUT2D eigenvalue weighted by Crippen LogP contribution is 2.43. The molecule has 1 N–H and O–H groups in total. The summed E-state index contributed by atoms with van der Waals surface area (Å²) in [5.74, 6) is 0. The highest BCUT2D eigenvalue weighted by Gasteiger charge is 2.44. The van der Waals surface area contributed by atoms with Crippen molar-refractivity contribution in [3.05, 3.63) is 0 Å². The van der Waals surface area contributed by atoms with Gasteiger partial charge >= 0.3 is 6.09 Å². The minimum absolute atomic E-state index is 0.680. The Hall–Kier alpha value is -0.440. The van der Waals surface area contributed by atoms with E-state index in [1.807, 2.05) is 0 Å². The lowest BCUT2D eigenvalue weighted by Gasteiger charge is -2.02. The number of hydrogen-bond donors (Lipinski definition) is 0. The molecular formula is C4H5ClNO2. The molecule has 0 saturated heterocycles. The van der Waals surface area contributed by atoms with Gasteiger partial charge < -0.3 is 4.74 Å². The number of alkyl halides is 1. The first-order valence-electron chi connectivity index (χ1n) is 2.26. The van der Waals surface area contributed by atoms with Gasteiger partial charge in [0, 0.05) is 12.8 Å². The molecule has 0 aromatic carbocycles. The Kier molecular flexibility index (Phi) is 1.08. The van der Waals surface area contributed by atoms with E-state index in [1.165, 1.54) is 0 Å². The summed E-state index contributed by atoms with van der Waals surface area (Å²) in [6.45, 7) is 0. The fourth-order valence-electron chi connectivity index (χ4n) is 0.366. The van der Waals surface area contributed by atoms with E-state index in [1.54, 1.807) is 0 Å². The highest BCUT2D eigenvalue weighted by atomic mass is 35.5. The van der Waals surface area contributed by atoms with E-state index in [9.17, 15) is 4.79 Å². The lowest BCUT2D eigenvalue weighted by Crippen LogP contribution is -2.11. The summed E-state index contributed by atoms with van der Waals surface area (Å²) in [7, 11) is 0. The van der Waals surface area contributed by atoms with Crippen LogP contribution in [0.4, 0.5) is 4.79 Å². The number of carbonyl (C=O) groups excluding carboxylic acids is 1. The van der Waals surface area contributed by atoms with Gasteiger partial charge in [0.1, 0.15) is 0 Å². The SMILES string of the molecule is [NH]C(=O)OC1(Cl)CC1. The number of amides is 1. The lowest BCUT2D eigenvalue weighted by atomic mass is 10.8. The number of ether oxygens (including phenoxy) is 1. The molecule has 0 aliphatic heterocycles. The third-order valence-corrected chi connectivity index (χ3v) is 1.37. The van der Waals surface area contributed by atoms with Gasteiger partial charge in [-0.1, -0.05) is 11.6 Å². The van der Waals surface area contributed by atoms with E-state index in [4.69, 9.17) is 17.3 Å². The largest absolute Gasteiger partial charge is 0.427 e. The van der Waals surface area contributed by atoms with Gasteiger partial charge in [0.2, 0.25) is 0 Å². The van der Waals surface area contributed by atoms with Crippen molar-refractivity contribution in [3.8, 4) is 0 Å². The Labute approximate surface area is 51.7 Å². The minimum Gasteiger partial charge on any atom is -0.426 e. The number of carbonyl (C=O) groups is 1. The average molecular weight is 135 g/mol. The van der Waals surface area contributed by atoms with E-state index in [2.05, 4.69) is 4.74 Å². The average Bonchev–Trinajstić information content (AvgIpc) is 2.17. The lowest BCUT2D eigenvalue weighted by molar-refractivity contribution is 0.132. The zero-order valence-corrected chi connectivity index (χ0v) is 4.86. The predicted octanol–water partition coefficient (Wildman–Crippen LogP) is 1.13. The van der Waals surface area contributed by atoms with Crippen molar-refractivity contribution >= 4 is 17.7 Å². The van der Waals surface area contributed by atoms with Gasteiger partial charge in [-0.05, 0) is 0 Å². The van der Waals surface area contributed by atoms with Crippen molar-refractivity contribution in [3.63, 3.8) is 0 Å². The summed E-state index contributed by atoms with van der Waals surface area (Å²) in [5.41, 5.74) is 6.33. The third-order valence-electron chi connectivity index (χ3n) is 0.919. The molecular weight excluding hydrogens is 130 g/mol. The van der Waals surface area contributed by atoms with Gasteiger partial charge in [0.15, 0.2) is 5.06 Å². The van der Waals surface area contributed by atoms with E-state index < -0.39 is 11.2 Å². The Balaban J connectivity index is 2.29. The second-order valence-electron chi connectivity index (χ2n) is 1.77. The molecule has 3 nitrogen and oxygen atoms in total. The molecule has 1 rings (SSSR count). The fraction of sp³-hybridized carbons (Fsp3) is 0.750. The maximum atomic E-state index is 9.86. The van der Waals surface area contributed by atoms with Crippen molar-refractivity contribution in [1.29, 1.82) is 0 Å². The molecule has 1 amide bonds. The zero-order valence-electron chi connectivity index (χ0n) is 4.11. The molecule has 0 spiro atoms. The van der Waals surface area contributed by atoms with Crippen molar-refractivity contribution in [1.82, 2.24) is 5.73 Å². The Morgan fingerprint density at radius 1 is 1.75 bits per heavy atom. The number of hydrogen-bond acceptors (Lipinski definition) is 2. The van der Waals surface area contributed by atoms with E-state index in [-0.39, 0.29) is 0 Å². The standard InChI is InChI=1S/C4H5ClNO2/c5-4(1-2-4)8-3(6)7/h6H,1-2H2. The quantitative estimate of drug-likeness (QED) is 0.505. The van der Waals surface area contributed by atoms with Gasteiger partial charge in [-0.3, -0.25) is 0 Å². The Morgan fingerprint density at radius 2 is 2.25 bits per heavy atom. The topological polar surface area (TPSA) is 50.1 Å². The molecule has 1 aliphatic carbocycles. The van der Waals surface area contributed by atoms with Crippen LogP contribution in [0.2, 0.25) is 0 Å². The Bertz CT molecular complexity index is 121. The first-order chi connectivity index (χ1) is 3.62. The van der Waals surface area contributed by atoms with Crippen LogP contribution in [0.15, 0.2) is 0 Å². The molecule has 1 aliphatic rings. The molecule has 8 heavy (non-hydrogen) atoms. The van der Waals surface area contributed by atoms with Crippen molar-refractivity contribution in [2.75, 3.05) is 0 Å². The number of nitrogens with one attached hydrogen (secondary N) is 1. The normalized spacial score (nSPS) is 22.1. The maximum Gasteiger partial charge on any atom is 0.427 e. The summed E-state index contributed by atoms with van der Waals surface area (Å²) in [4.78, 5) is 9.86. The maximum absolute atomic E-state index is 9.86. The smallest absolute Gasteiger partial charge is 0.426 e. The summed E-state index contributed by atoms with van der Waals surface area (Å²) in [6.07, 6.45) is 0.315. The molecule has 0 aromatic heterocycles. The molecule has 0 heterocycles. The molecule has 1 radical (unpaired) electrons. The van der Waals surface area contributed by atoms with Crippen LogP contribution in [0, 0.1) is 0 Å². The molecule has 0 bridgehead atoms. The van der Waals surface area contributed by atoms with Crippen LogP contribution in [0.1, 0.15) is 12.8 Å². The van der Waals surface area contributed by atoms with Crippen molar-refractivity contribution in [2.45, 2.75) is 17.9 Å². The van der Waals surface area contributed by atoms with Crippen molar-refractivity contribution in [2.24, 2.45) is 0 Å². The summed E-state index contributed by atoms with van der Waals surface area (Å²) in [6, 6.07) is 0. The number of rotatable bonds is 1. The first kappa shape index (κ1) is 5.69. The van der Waals surface area contributed by atoms with Crippen LogP contribution in [0.25, 0.3) is 0 Å². The fourth-order valence-corrected chi connectivity index (χ4v) is 0.531. The van der Waals surface area contributed by atoms with Gasteiger partial charge in [0.25, 0.3) is 0 Å². The second-order valence-corrected chi connectivity index (χ2v) is 2.46. The van der Waals surface area contributed by atoms with Crippen LogP contribution in [-0.2, 0) is 4.74 Å². The molecule has 4 heteroatoms. The molecule has 0 atom stereocenters. The van der Waals surface area contributed by atoms with Gasteiger partial charge in [-0.25, -0.2) is 10.5 Å². The van der Waals surface area contributed by atoms with Crippen LogP contribution in [0.5, 0.6) is 0 Å². The molecule has 0 unspecified atom stereocenters. The van der Waals surface area contributed by atoms with Crippen LogP contribution >= 0.6 is 11.6 Å². The predicted molar refractivity (Wildman–Crippen MR) is 27.4 cm³/mol. The van der Waals surface area contributed by atoms with Gasteiger partial charge in [0.05, 0.1) is 0 Å². The van der Waals surface area contributed by atoms with Crippen LogP contribution < -0.4 is 5.73 Å². The minimum atomic E-state index is -1.04. The van der Waals surface area contributed by atoms with Gasteiger partial charge in [-0.15, -0.1) is 0 Å². The second kappa shape index (κ2) is 1.52. The zero-order chi connectivity index (χ0) is 6.20. The third kappa shape index (κ3) is 1.26. The number of halogens is 1. The molecule has 1 saturated carbocycles. The van der Waals surface area contributed by atoms with E-state index >= 15 is 0 Å². The first-order valence-corrected chi connectivity index (χ1v) is 2.64. The highest BCUT2D eigenvalue weighted by molar-refractivity contribution is 6.25. The summed E-state index contributed by atoms with van der Waals surface area (Å²) < 4.78 is 4.34. The summed E-state index contributed by atoms with van der Waals surface area (Å²) >= 11 is 5.48. The van der Waals surface area contributed by atoms with Crippen molar-refractivity contribution < 1.29 is 9.53 Å². The molecule has 45 valence electrons.